The maximum Gasteiger partial charge on any atom is 0.261 e. The summed E-state index contributed by atoms with van der Waals surface area (Å²) >= 11 is 0. The summed E-state index contributed by atoms with van der Waals surface area (Å²) in [6.45, 7) is 4.03. The first kappa shape index (κ1) is 14.1. The van der Waals surface area contributed by atoms with Gasteiger partial charge in [0.25, 0.3) is 6.43 Å². The minimum Gasteiger partial charge on any atom is -0.366 e. The molecule has 1 aromatic rings. The van der Waals surface area contributed by atoms with Crippen molar-refractivity contribution < 1.29 is 13.5 Å². The molecule has 0 heterocycles. The molecule has 0 fully saturated rings. The standard InChI is InChI=1S/C13H19F2NO/c1-10(2)16-8-12(17-9-13(14)15)11-6-4-3-5-7-11/h3-7,10,12-13,16H,8-9H2,1-2H3. The zero-order valence-corrected chi connectivity index (χ0v) is 10.2. The van der Waals surface area contributed by atoms with Gasteiger partial charge in [-0.1, -0.05) is 44.2 Å². The molecule has 4 heteroatoms. The second kappa shape index (κ2) is 7.35. The van der Waals surface area contributed by atoms with Crippen LogP contribution in [0, 0.1) is 0 Å². The normalized spacial score (nSPS) is 13.3. The molecule has 0 aliphatic heterocycles. The van der Waals surface area contributed by atoms with Crippen molar-refractivity contribution in [3.8, 4) is 0 Å². The highest BCUT2D eigenvalue weighted by atomic mass is 19.3. The number of rotatable bonds is 7. The van der Waals surface area contributed by atoms with Gasteiger partial charge in [0.2, 0.25) is 0 Å². The van der Waals surface area contributed by atoms with E-state index >= 15 is 0 Å². The summed E-state index contributed by atoms with van der Waals surface area (Å²) in [7, 11) is 0. The van der Waals surface area contributed by atoms with E-state index in [0.29, 0.717) is 12.6 Å². The lowest BCUT2D eigenvalue weighted by Gasteiger charge is -2.20. The zero-order chi connectivity index (χ0) is 12.7. The average molecular weight is 243 g/mol. The number of ether oxygens (including phenoxy) is 1. The van der Waals surface area contributed by atoms with Crippen LogP contribution in [0.5, 0.6) is 0 Å². The topological polar surface area (TPSA) is 21.3 Å². The molecule has 2 nitrogen and oxygen atoms in total. The van der Waals surface area contributed by atoms with Gasteiger partial charge in [0.15, 0.2) is 0 Å². The van der Waals surface area contributed by atoms with Gasteiger partial charge in [0.1, 0.15) is 6.61 Å². The van der Waals surface area contributed by atoms with E-state index in [2.05, 4.69) is 5.32 Å². The SMILES string of the molecule is CC(C)NCC(OCC(F)F)c1ccccc1. The molecule has 0 amide bonds. The molecule has 17 heavy (non-hydrogen) atoms. The highest BCUT2D eigenvalue weighted by molar-refractivity contribution is 5.17. The molecule has 1 rings (SSSR count). The smallest absolute Gasteiger partial charge is 0.261 e. The molecule has 1 unspecified atom stereocenters. The molecule has 1 N–H and O–H groups in total. The van der Waals surface area contributed by atoms with E-state index in [1.165, 1.54) is 0 Å². The van der Waals surface area contributed by atoms with Crippen LogP contribution in [0.2, 0.25) is 0 Å². The molecule has 1 aromatic carbocycles. The molecule has 0 saturated carbocycles. The van der Waals surface area contributed by atoms with Crippen molar-refractivity contribution in [1.82, 2.24) is 5.32 Å². The van der Waals surface area contributed by atoms with Gasteiger partial charge in [0.05, 0.1) is 6.10 Å². The first-order valence-electron chi connectivity index (χ1n) is 5.77. The second-order valence-corrected chi connectivity index (χ2v) is 4.19. The van der Waals surface area contributed by atoms with Crippen molar-refractivity contribution >= 4 is 0 Å². The Bertz CT molecular complexity index is 292. The Morgan fingerprint density at radius 3 is 2.35 bits per heavy atom. The lowest BCUT2D eigenvalue weighted by molar-refractivity contribution is -0.0251. The minimum absolute atomic E-state index is 0.302. The summed E-state index contributed by atoms with van der Waals surface area (Å²) in [5.74, 6) is 0. The van der Waals surface area contributed by atoms with Gasteiger partial charge in [-0.3, -0.25) is 0 Å². The van der Waals surface area contributed by atoms with Crippen molar-refractivity contribution in [3.05, 3.63) is 35.9 Å². The van der Waals surface area contributed by atoms with E-state index in [0.717, 1.165) is 5.56 Å². The second-order valence-electron chi connectivity index (χ2n) is 4.19. The minimum atomic E-state index is -2.43. The number of benzene rings is 1. The molecular formula is C13H19F2NO. The summed E-state index contributed by atoms with van der Waals surface area (Å²) in [6.07, 6.45) is -2.76. The van der Waals surface area contributed by atoms with Crippen LogP contribution in [0.1, 0.15) is 25.5 Å². The largest absolute Gasteiger partial charge is 0.366 e. The Hall–Kier alpha value is -1.00. The fourth-order valence-electron chi connectivity index (χ4n) is 1.47. The maximum absolute atomic E-state index is 12.2. The maximum atomic E-state index is 12.2. The van der Waals surface area contributed by atoms with Crippen LogP contribution >= 0.6 is 0 Å². The van der Waals surface area contributed by atoms with Gasteiger partial charge in [-0.15, -0.1) is 0 Å². The van der Waals surface area contributed by atoms with Gasteiger partial charge in [-0.05, 0) is 5.56 Å². The first-order valence-corrected chi connectivity index (χ1v) is 5.77. The van der Waals surface area contributed by atoms with Crippen LogP contribution in [0.25, 0.3) is 0 Å². The highest BCUT2D eigenvalue weighted by Crippen LogP contribution is 2.17. The summed E-state index contributed by atoms with van der Waals surface area (Å²) in [5, 5.41) is 3.20. The van der Waals surface area contributed by atoms with Gasteiger partial charge < -0.3 is 10.1 Å². The number of hydrogen-bond acceptors (Lipinski definition) is 2. The molecule has 0 aliphatic carbocycles. The Balaban J connectivity index is 2.58. The number of nitrogens with one attached hydrogen (secondary N) is 1. The van der Waals surface area contributed by atoms with Crippen LogP contribution < -0.4 is 5.32 Å². The Morgan fingerprint density at radius 2 is 1.82 bits per heavy atom. The number of hydrogen-bond donors (Lipinski definition) is 1. The number of alkyl halides is 2. The zero-order valence-electron chi connectivity index (χ0n) is 10.2. The van der Waals surface area contributed by atoms with E-state index < -0.39 is 13.0 Å². The van der Waals surface area contributed by atoms with Crippen LogP contribution in [0.3, 0.4) is 0 Å². The molecule has 96 valence electrons. The van der Waals surface area contributed by atoms with E-state index in [1.807, 2.05) is 44.2 Å². The van der Waals surface area contributed by atoms with Crippen LogP contribution in [0.15, 0.2) is 30.3 Å². The van der Waals surface area contributed by atoms with Crippen molar-refractivity contribution in [2.75, 3.05) is 13.2 Å². The van der Waals surface area contributed by atoms with Crippen LogP contribution in [0.4, 0.5) is 8.78 Å². The van der Waals surface area contributed by atoms with Crippen molar-refractivity contribution in [2.24, 2.45) is 0 Å². The van der Waals surface area contributed by atoms with Gasteiger partial charge >= 0.3 is 0 Å². The first-order chi connectivity index (χ1) is 8.09. The predicted octanol–water partition coefficient (Wildman–Crippen LogP) is 3.01. The third kappa shape index (κ3) is 5.75. The molecule has 0 aromatic heterocycles. The van der Waals surface area contributed by atoms with Crippen molar-refractivity contribution in [1.29, 1.82) is 0 Å². The molecular weight excluding hydrogens is 224 g/mol. The van der Waals surface area contributed by atoms with E-state index in [9.17, 15) is 8.78 Å². The highest BCUT2D eigenvalue weighted by Gasteiger charge is 2.14. The van der Waals surface area contributed by atoms with Gasteiger partial charge in [-0.2, -0.15) is 0 Å². The Kier molecular flexibility index (Phi) is 6.08. The fourth-order valence-corrected chi connectivity index (χ4v) is 1.47. The van der Waals surface area contributed by atoms with Gasteiger partial charge in [0, 0.05) is 12.6 Å². The third-order valence-corrected chi connectivity index (χ3v) is 2.31. The Labute approximate surface area is 101 Å². The van der Waals surface area contributed by atoms with E-state index in [1.54, 1.807) is 0 Å². The molecule has 0 spiro atoms. The summed E-state index contributed by atoms with van der Waals surface area (Å²) in [6, 6.07) is 9.73. The molecule has 0 bridgehead atoms. The summed E-state index contributed by atoms with van der Waals surface area (Å²) in [5.41, 5.74) is 0.918. The monoisotopic (exact) mass is 243 g/mol. The van der Waals surface area contributed by atoms with Crippen LogP contribution in [-0.4, -0.2) is 25.6 Å². The molecule has 1 atom stereocenters. The summed E-state index contributed by atoms with van der Waals surface area (Å²) in [4.78, 5) is 0. The predicted molar refractivity (Wildman–Crippen MR) is 64.3 cm³/mol. The van der Waals surface area contributed by atoms with Crippen molar-refractivity contribution in [2.45, 2.75) is 32.4 Å². The van der Waals surface area contributed by atoms with Crippen LogP contribution in [-0.2, 0) is 4.74 Å². The van der Waals surface area contributed by atoms with Gasteiger partial charge in [-0.25, -0.2) is 8.78 Å². The van der Waals surface area contributed by atoms with E-state index in [-0.39, 0.29) is 6.10 Å². The average Bonchev–Trinajstić information content (AvgIpc) is 2.29. The molecule has 0 radical (unpaired) electrons. The quantitative estimate of drug-likeness (QED) is 0.795. The fraction of sp³-hybridized carbons (Fsp3) is 0.538. The molecule has 0 aliphatic rings. The lowest BCUT2D eigenvalue weighted by Crippen LogP contribution is -2.29. The summed E-state index contributed by atoms with van der Waals surface area (Å²) < 4.78 is 29.6. The third-order valence-electron chi connectivity index (χ3n) is 2.31. The lowest BCUT2D eigenvalue weighted by atomic mass is 10.1. The molecule has 0 saturated heterocycles. The Morgan fingerprint density at radius 1 is 1.18 bits per heavy atom. The van der Waals surface area contributed by atoms with Crippen molar-refractivity contribution in [3.63, 3.8) is 0 Å². The van der Waals surface area contributed by atoms with E-state index in [4.69, 9.17) is 4.74 Å². The number of halogens is 2.